The van der Waals surface area contributed by atoms with Crippen molar-refractivity contribution in [3.8, 4) is 5.75 Å². The van der Waals surface area contributed by atoms with Crippen LogP contribution in [0.25, 0.3) is 0 Å². The van der Waals surface area contributed by atoms with Crippen molar-refractivity contribution < 1.29 is 9.53 Å². The van der Waals surface area contributed by atoms with Crippen molar-refractivity contribution in [2.24, 2.45) is 0 Å². The molecule has 3 nitrogen and oxygen atoms in total. The molecule has 0 heterocycles. The highest BCUT2D eigenvalue weighted by atomic mass is 35.5. The van der Waals surface area contributed by atoms with Gasteiger partial charge in [-0.3, -0.25) is 4.79 Å². The van der Waals surface area contributed by atoms with E-state index < -0.39 is 0 Å². The monoisotopic (exact) mass is 431 g/mol. The van der Waals surface area contributed by atoms with Gasteiger partial charge < -0.3 is 10.1 Å². The van der Waals surface area contributed by atoms with E-state index in [1.807, 2.05) is 37.3 Å². The molecule has 0 aliphatic heterocycles. The molecule has 3 rings (SSSR count). The summed E-state index contributed by atoms with van der Waals surface area (Å²) in [7, 11) is 0. The molecule has 0 bridgehead atoms. The second kappa shape index (κ2) is 9.87. The van der Waals surface area contributed by atoms with E-state index in [4.69, 9.17) is 27.9 Å². The van der Waals surface area contributed by atoms with Crippen LogP contribution in [0, 0.1) is 0 Å². The van der Waals surface area contributed by atoms with E-state index in [-0.39, 0.29) is 5.91 Å². The summed E-state index contributed by atoms with van der Waals surface area (Å²) < 4.78 is 5.73. The van der Waals surface area contributed by atoms with Crippen molar-refractivity contribution in [1.29, 1.82) is 0 Å². The van der Waals surface area contributed by atoms with Crippen LogP contribution in [-0.2, 0) is 5.75 Å². The van der Waals surface area contributed by atoms with Crippen LogP contribution in [0.5, 0.6) is 5.75 Å². The first-order valence-corrected chi connectivity index (χ1v) is 10.5. The third-order valence-corrected chi connectivity index (χ3v) is 5.38. The molecule has 0 unspecified atom stereocenters. The summed E-state index contributed by atoms with van der Waals surface area (Å²) in [6.45, 7) is 2.51. The highest BCUT2D eigenvalue weighted by Gasteiger charge is 2.12. The zero-order valence-corrected chi connectivity index (χ0v) is 17.6. The summed E-state index contributed by atoms with van der Waals surface area (Å²) in [5.41, 5.74) is 2.06. The maximum Gasteiger partial charge on any atom is 0.255 e. The molecule has 1 amide bonds. The first-order valence-electron chi connectivity index (χ1n) is 8.76. The Labute approximate surface area is 179 Å². The van der Waals surface area contributed by atoms with Crippen LogP contribution in [0.15, 0.2) is 71.6 Å². The van der Waals surface area contributed by atoms with Crippen molar-refractivity contribution in [1.82, 2.24) is 0 Å². The summed E-state index contributed by atoms with van der Waals surface area (Å²) in [5, 5.41) is 3.77. The summed E-state index contributed by atoms with van der Waals surface area (Å²) in [5.74, 6) is 1.25. The second-order valence-electron chi connectivity index (χ2n) is 5.97. The summed E-state index contributed by atoms with van der Waals surface area (Å²) >= 11 is 13.7. The number of anilines is 1. The van der Waals surface area contributed by atoms with Crippen molar-refractivity contribution >= 4 is 46.6 Å². The maximum absolute atomic E-state index is 12.7. The molecule has 1 N–H and O–H groups in total. The zero-order chi connectivity index (χ0) is 19.9. The van der Waals surface area contributed by atoms with Gasteiger partial charge in [0.2, 0.25) is 0 Å². The maximum atomic E-state index is 12.7. The number of hydrogen-bond acceptors (Lipinski definition) is 3. The van der Waals surface area contributed by atoms with Gasteiger partial charge >= 0.3 is 0 Å². The van der Waals surface area contributed by atoms with Crippen LogP contribution in [-0.4, -0.2) is 12.5 Å². The summed E-state index contributed by atoms with van der Waals surface area (Å²) in [4.78, 5) is 13.8. The largest absolute Gasteiger partial charge is 0.494 e. The van der Waals surface area contributed by atoms with Gasteiger partial charge in [0, 0.05) is 37.5 Å². The fourth-order valence-electron chi connectivity index (χ4n) is 2.64. The van der Waals surface area contributed by atoms with Crippen molar-refractivity contribution in [2.75, 3.05) is 11.9 Å². The predicted molar refractivity (Wildman–Crippen MR) is 118 cm³/mol. The van der Waals surface area contributed by atoms with Gasteiger partial charge in [0.15, 0.2) is 0 Å². The quantitative estimate of drug-likeness (QED) is 0.411. The van der Waals surface area contributed by atoms with E-state index in [1.165, 1.54) is 0 Å². The molecule has 0 aliphatic rings. The lowest BCUT2D eigenvalue weighted by Crippen LogP contribution is -2.12. The lowest BCUT2D eigenvalue weighted by atomic mass is 10.1. The Morgan fingerprint density at radius 3 is 2.39 bits per heavy atom. The number of carbonyl (C=O) groups excluding carboxylic acids is 1. The molecule has 6 heteroatoms. The van der Waals surface area contributed by atoms with E-state index in [2.05, 4.69) is 17.4 Å². The van der Waals surface area contributed by atoms with Gasteiger partial charge in [-0.25, -0.2) is 0 Å². The number of halogens is 2. The number of nitrogens with one attached hydrogen (secondary N) is 1. The molecule has 0 fully saturated rings. The van der Waals surface area contributed by atoms with E-state index >= 15 is 0 Å². The zero-order valence-electron chi connectivity index (χ0n) is 15.2. The molecule has 0 radical (unpaired) electrons. The normalized spacial score (nSPS) is 10.5. The fraction of sp³-hybridized carbons (Fsp3) is 0.136. The number of benzene rings is 3. The standard InChI is InChI=1S/C22H19Cl2NO2S/c1-2-27-21-9-8-15(10-16(21)14-28-20-6-4-3-5-7-20)22(26)25-19-12-17(23)11-18(24)13-19/h3-13H,2,14H2,1H3,(H,25,26). The third-order valence-electron chi connectivity index (χ3n) is 3.88. The minimum Gasteiger partial charge on any atom is -0.494 e. The molecule has 0 saturated heterocycles. The molecule has 0 saturated carbocycles. The Bertz CT molecular complexity index is 944. The van der Waals surface area contributed by atoms with Crippen LogP contribution in [0.2, 0.25) is 10.0 Å². The van der Waals surface area contributed by atoms with Crippen molar-refractivity contribution in [3.05, 3.63) is 87.9 Å². The minimum absolute atomic E-state index is 0.229. The summed E-state index contributed by atoms with van der Waals surface area (Å²) in [6.07, 6.45) is 0. The van der Waals surface area contributed by atoms with Gasteiger partial charge in [-0.15, -0.1) is 11.8 Å². The van der Waals surface area contributed by atoms with Gasteiger partial charge in [0.25, 0.3) is 5.91 Å². The topological polar surface area (TPSA) is 38.3 Å². The average molecular weight is 432 g/mol. The van der Waals surface area contributed by atoms with E-state index in [9.17, 15) is 4.79 Å². The smallest absolute Gasteiger partial charge is 0.255 e. The number of amides is 1. The molecule has 3 aromatic rings. The average Bonchev–Trinajstić information content (AvgIpc) is 2.67. The number of carbonyl (C=O) groups is 1. The molecule has 0 atom stereocenters. The van der Waals surface area contributed by atoms with Gasteiger partial charge in [-0.2, -0.15) is 0 Å². The van der Waals surface area contributed by atoms with Crippen LogP contribution in [0.4, 0.5) is 5.69 Å². The molecule has 0 aliphatic carbocycles. The Hall–Kier alpha value is -2.14. The SMILES string of the molecule is CCOc1ccc(C(=O)Nc2cc(Cl)cc(Cl)c2)cc1CSc1ccccc1. The molecular formula is C22H19Cl2NO2S. The first-order chi connectivity index (χ1) is 13.5. The van der Waals surface area contributed by atoms with Gasteiger partial charge in [0.05, 0.1) is 6.61 Å². The minimum atomic E-state index is -0.229. The molecule has 144 valence electrons. The van der Waals surface area contributed by atoms with Crippen LogP contribution in [0.3, 0.4) is 0 Å². The number of ether oxygens (including phenoxy) is 1. The Morgan fingerprint density at radius 1 is 1.00 bits per heavy atom. The van der Waals surface area contributed by atoms with E-state index in [0.29, 0.717) is 33.7 Å². The second-order valence-corrected chi connectivity index (χ2v) is 7.89. The molecule has 3 aromatic carbocycles. The number of thioether (sulfide) groups is 1. The molecular weight excluding hydrogens is 413 g/mol. The lowest BCUT2D eigenvalue weighted by molar-refractivity contribution is 0.102. The Morgan fingerprint density at radius 2 is 1.71 bits per heavy atom. The van der Waals surface area contributed by atoms with Crippen LogP contribution < -0.4 is 10.1 Å². The van der Waals surface area contributed by atoms with E-state index in [0.717, 1.165) is 16.2 Å². The van der Waals surface area contributed by atoms with Gasteiger partial charge in [0.1, 0.15) is 5.75 Å². The molecule has 0 aromatic heterocycles. The van der Waals surface area contributed by atoms with E-state index in [1.54, 1.807) is 36.0 Å². The first kappa shape index (κ1) is 20.6. The highest BCUT2D eigenvalue weighted by molar-refractivity contribution is 7.98. The predicted octanol–water partition coefficient (Wildman–Crippen LogP) is 6.94. The lowest BCUT2D eigenvalue weighted by Gasteiger charge is -2.13. The third kappa shape index (κ3) is 5.68. The Balaban J connectivity index is 1.79. The molecule has 0 spiro atoms. The van der Waals surface area contributed by atoms with Crippen LogP contribution >= 0.6 is 35.0 Å². The highest BCUT2D eigenvalue weighted by Crippen LogP contribution is 2.29. The van der Waals surface area contributed by atoms with Gasteiger partial charge in [-0.1, -0.05) is 41.4 Å². The van der Waals surface area contributed by atoms with Gasteiger partial charge in [-0.05, 0) is 55.5 Å². The fourth-order valence-corrected chi connectivity index (χ4v) is 4.06. The van der Waals surface area contributed by atoms with Crippen molar-refractivity contribution in [3.63, 3.8) is 0 Å². The molecule has 28 heavy (non-hydrogen) atoms. The number of hydrogen-bond donors (Lipinski definition) is 1. The van der Waals surface area contributed by atoms with Crippen molar-refractivity contribution in [2.45, 2.75) is 17.6 Å². The summed E-state index contributed by atoms with van der Waals surface area (Å²) in [6, 6.07) is 20.5. The number of rotatable bonds is 7. The Kier molecular flexibility index (Phi) is 7.26. The van der Waals surface area contributed by atoms with Crippen LogP contribution in [0.1, 0.15) is 22.8 Å².